The SMILES string of the molecule is COc1cc2c(c(OC)c1OC)-c1ccc(N[C@@H](C(=O)Nc3ccc(Cn4cncn4)cc3)C(C)C)c(=O)cc1[C@H](NC(C)=O)CC2. The van der Waals surface area contributed by atoms with E-state index in [4.69, 9.17) is 14.2 Å². The van der Waals surface area contributed by atoms with E-state index in [1.165, 1.54) is 26.4 Å². The lowest BCUT2D eigenvalue weighted by atomic mass is 9.95. The lowest BCUT2D eigenvalue weighted by Gasteiger charge is -2.22. The molecule has 2 amide bonds. The largest absolute Gasteiger partial charge is 0.493 e. The Balaban J connectivity index is 1.50. The number of rotatable bonds is 11. The Morgan fingerprint density at radius 2 is 1.74 bits per heavy atom. The van der Waals surface area contributed by atoms with E-state index in [-0.39, 0.29) is 28.8 Å². The van der Waals surface area contributed by atoms with Gasteiger partial charge in [0.2, 0.25) is 23.0 Å². The van der Waals surface area contributed by atoms with Crippen molar-refractivity contribution in [3.63, 3.8) is 0 Å². The number of anilines is 2. The minimum Gasteiger partial charge on any atom is -0.493 e. The molecule has 2 atom stereocenters. The third-order valence-corrected chi connectivity index (χ3v) is 8.21. The van der Waals surface area contributed by atoms with Crippen LogP contribution in [0.5, 0.6) is 17.2 Å². The van der Waals surface area contributed by atoms with Gasteiger partial charge in [0, 0.05) is 18.2 Å². The summed E-state index contributed by atoms with van der Waals surface area (Å²) in [5, 5.41) is 13.3. The second-order valence-corrected chi connectivity index (χ2v) is 11.7. The molecular formula is C35H40N6O6. The predicted molar refractivity (Wildman–Crippen MR) is 179 cm³/mol. The Hall–Kier alpha value is -5.39. The highest BCUT2D eigenvalue weighted by molar-refractivity contribution is 5.96. The monoisotopic (exact) mass is 640 g/mol. The highest BCUT2D eigenvalue weighted by atomic mass is 16.5. The Bertz CT molecular complexity index is 1810. The maximum Gasteiger partial charge on any atom is 0.247 e. The van der Waals surface area contributed by atoms with Crippen LogP contribution in [0.1, 0.15) is 49.9 Å². The van der Waals surface area contributed by atoms with Crippen molar-refractivity contribution in [2.24, 2.45) is 5.92 Å². The molecule has 246 valence electrons. The summed E-state index contributed by atoms with van der Waals surface area (Å²) in [7, 11) is 4.66. The van der Waals surface area contributed by atoms with E-state index < -0.39 is 12.1 Å². The summed E-state index contributed by atoms with van der Waals surface area (Å²) >= 11 is 0. The molecule has 1 aliphatic rings. The molecule has 0 aliphatic heterocycles. The molecular weight excluding hydrogens is 600 g/mol. The zero-order valence-corrected chi connectivity index (χ0v) is 27.4. The third kappa shape index (κ3) is 7.21. The van der Waals surface area contributed by atoms with Crippen molar-refractivity contribution in [2.75, 3.05) is 32.0 Å². The molecule has 1 aliphatic carbocycles. The van der Waals surface area contributed by atoms with Crippen LogP contribution in [-0.2, 0) is 22.6 Å². The average molecular weight is 641 g/mol. The molecule has 12 nitrogen and oxygen atoms in total. The zero-order valence-electron chi connectivity index (χ0n) is 27.4. The summed E-state index contributed by atoms with van der Waals surface area (Å²) in [4.78, 5) is 43.6. The molecule has 3 aromatic carbocycles. The fraction of sp³-hybridized carbons (Fsp3) is 0.343. The molecule has 5 rings (SSSR count). The number of carbonyl (C=O) groups excluding carboxylic acids is 2. The minimum absolute atomic E-state index is 0.158. The predicted octanol–water partition coefficient (Wildman–Crippen LogP) is 4.58. The van der Waals surface area contributed by atoms with E-state index in [1.54, 1.807) is 31.3 Å². The Morgan fingerprint density at radius 1 is 1.00 bits per heavy atom. The third-order valence-electron chi connectivity index (χ3n) is 8.21. The number of nitrogens with zero attached hydrogens (tertiary/aromatic N) is 3. The van der Waals surface area contributed by atoms with Crippen molar-refractivity contribution in [2.45, 2.75) is 52.2 Å². The quantitative estimate of drug-likeness (QED) is 0.215. The number of methoxy groups -OCH3 is 3. The lowest BCUT2D eigenvalue weighted by Crippen LogP contribution is -2.39. The summed E-state index contributed by atoms with van der Waals surface area (Å²) in [6.45, 7) is 5.84. The Morgan fingerprint density at radius 3 is 2.36 bits per heavy atom. The van der Waals surface area contributed by atoms with Crippen molar-refractivity contribution < 1.29 is 23.8 Å². The number of fused-ring (bicyclic) bond motifs is 3. The van der Waals surface area contributed by atoms with E-state index in [0.717, 1.165) is 16.7 Å². The highest BCUT2D eigenvalue weighted by Crippen LogP contribution is 2.50. The fourth-order valence-corrected chi connectivity index (χ4v) is 5.94. The van der Waals surface area contributed by atoms with Crippen LogP contribution in [0.2, 0.25) is 0 Å². The van der Waals surface area contributed by atoms with Gasteiger partial charge in [-0.15, -0.1) is 0 Å². The second-order valence-electron chi connectivity index (χ2n) is 11.7. The van der Waals surface area contributed by atoms with Gasteiger partial charge in [0.25, 0.3) is 0 Å². The van der Waals surface area contributed by atoms with Crippen LogP contribution < -0.4 is 35.6 Å². The molecule has 0 saturated carbocycles. The van der Waals surface area contributed by atoms with Gasteiger partial charge in [-0.2, -0.15) is 5.10 Å². The highest BCUT2D eigenvalue weighted by Gasteiger charge is 2.30. The Kier molecular flexibility index (Phi) is 10.1. The summed E-state index contributed by atoms with van der Waals surface area (Å²) in [6, 6.07) is 13.3. The van der Waals surface area contributed by atoms with Crippen LogP contribution in [0.15, 0.2) is 66.0 Å². The van der Waals surface area contributed by atoms with Crippen LogP contribution in [0.25, 0.3) is 11.1 Å². The normalized spacial score (nSPS) is 14.2. The number of benzene rings is 2. The molecule has 1 heterocycles. The molecule has 4 aromatic rings. The first-order chi connectivity index (χ1) is 22.6. The maximum atomic E-state index is 13.8. The number of nitrogens with one attached hydrogen (secondary N) is 3. The number of ether oxygens (including phenoxy) is 3. The molecule has 0 spiro atoms. The van der Waals surface area contributed by atoms with E-state index in [9.17, 15) is 14.4 Å². The summed E-state index contributed by atoms with van der Waals surface area (Å²) in [5.41, 5.74) is 4.58. The molecule has 12 heteroatoms. The van der Waals surface area contributed by atoms with E-state index in [1.807, 2.05) is 50.2 Å². The number of aromatic nitrogens is 3. The first-order valence-electron chi connectivity index (χ1n) is 15.4. The van der Waals surface area contributed by atoms with Crippen molar-refractivity contribution >= 4 is 23.2 Å². The van der Waals surface area contributed by atoms with E-state index >= 15 is 0 Å². The van der Waals surface area contributed by atoms with Crippen molar-refractivity contribution in [3.8, 4) is 28.4 Å². The van der Waals surface area contributed by atoms with E-state index in [2.05, 4.69) is 26.0 Å². The Labute approximate surface area is 273 Å². The molecule has 0 radical (unpaired) electrons. The second kappa shape index (κ2) is 14.4. The minimum atomic E-state index is -0.725. The fourth-order valence-electron chi connectivity index (χ4n) is 5.94. The van der Waals surface area contributed by atoms with Gasteiger partial charge in [-0.05, 0) is 71.3 Å². The first-order valence-corrected chi connectivity index (χ1v) is 15.4. The smallest absolute Gasteiger partial charge is 0.247 e. The van der Waals surface area contributed by atoms with E-state index in [0.29, 0.717) is 53.4 Å². The van der Waals surface area contributed by atoms with Gasteiger partial charge in [0.15, 0.2) is 11.5 Å². The van der Waals surface area contributed by atoms with Crippen LogP contribution in [-0.4, -0.2) is 54.0 Å². The van der Waals surface area contributed by atoms with Gasteiger partial charge in [-0.25, -0.2) is 9.67 Å². The van der Waals surface area contributed by atoms with Gasteiger partial charge < -0.3 is 30.2 Å². The molecule has 0 saturated heterocycles. The lowest BCUT2D eigenvalue weighted by molar-refractivity contribution is -0.120. The molecule has 1 aromatic heterocycles. The van der Waals surface area contributed by atoms with Crippen molar-refractivity contribution in [1.82, 2.24) is 20.1 Å². The van der Waals surface area contributed by atoms with Crippen LogP contribution in [0.4, 0.5) is 11.4 Å². The van der Waals surface area contributed by atoms with Crippen molar-refractivity contribution in [1.29, 1.82) is 0 Å². The number of carbonyl (C=O) groups is 2. The number of aryl methyl sites for hydroxylation is 1. The van der Waals surface area contributed by atoms with Crippen LogP contribution in [0.3, 0.4) is 0 Å². The molecule has 47 heavy (non-hydrogen) atoms. The van der Waals surface area contributed by atoms with Gasteiger partial charge in [-0.3, -0.25) is 14.4 Å². The molecule has 0 bridgehead atoms. The van der Waals surface area contributed by atoms with Crippen LogP contribution in [0, 0.1) is 5.92 Å². The topological polar surface area (TPSA) is 146 Å². The van der Waals surface area contributed by atoms with Gasteiger partial charge in [-0.1, -0.05) is 32.0 Å². The number of hydrogen-bond acceptors (Lipinski definition) is 9. The number of hydrogen-bond donors (Lipinski definition) is 3. The maximum absolute atomic E-state index is 13.8. The molecule has 3 N–H and O–H groups in total. The van der Waals surface area contributed by atoms with Gasteiger partial charge >= 0.3 is 0 Å². The van der Waals surface area contributed by atoms with Gasteiger partial charge in [0.05, 0.1) is 39.6 Å². The zero-order chi connectivity index (χ0) is 33.7. The van der Waals surface area contributed by atoms with Crippen LogP contribution >= 0.6 is 0 Å². The standard InChI is InChI=1S/C35H40N6O6/c1-20(2)32(35(44)39-24-10-7-22(8-11-24)17-41-19-36-18-37-41)40-28-14-12-25-26(16-29(28)43)27(38-21(3)42)13-9-23-15-30(45-4)33(46-5)34(47-6)31(23)25/h7-8,10-12,14-16,18-20,27,32H,9,13,17H2,1-6H3,(H,38,42)(H,39,44)(H,40,43)/t27-,32-/m1/s1. The molecule has 0 fully saturated rings. The van der Waals surface area contributed by atoms with Gasteiger partial charge in [0.1, 0.15) is 18.7 Å². The summed E-state index contributed by atoms with van der Waals surface area (Å²) < 4.78 is 18.9. The summed E-state index contributed by atoms with van der Waals surface area (Å²) in [5.74, 6) is 0.754. The number of amides is 2. The average Bonchev–Trinajstić information content (AvgIpc) is 3.45. The van der Waals surface area contributed by atoms with Crippen molar-refractivity contribution in [3.05, 3.63) is 88.1 Å². The molecule has 0 unspecified atom stereocenters. The first kappa shape index (κ1) is 33.0. The summed E-state index contributed by atoms with van der Waals surface area (Å²) in [6.07, 6.45) is 4.25.